The molecular weight excluding hydrogens is 259 g/mol. The van der Waals surface area contributed by atoms with Gasteiger partial charge in [0.15, 0.2) is 0 Å². The van der Waals surface area contributed by atoms with E-state index in [-0.39, 0.29) is 13.0 Å². The van der Waals surface area contributed by atoms with Gasteiger partial charge in [-0.2, -0.15) is 13.2 Å². The molecule has 106 valence electrons. The molecule has 0 aliphatic rings. The summed E-state index contributed by atoms with van der Waals surface area (Å²) in [6, 6.07) is 6.54. The van der Waals surface area contributed by atoms with Gasteiger partial charge in [-0.1, -0.05) is 37.3 Å². The molecule has 1 rings (SSSR count). The van der Waals surface area contributed by atoms with Crippen molar-refractivity contribution in [3.8, 4) is 0 Å². The van der Waals surface area contributed by atoms with Crippen molar-refractivity contribution >= 4 is 5.97 Å². The predicted octanol–water partition coefficient (Wildman–Crippen LogP) is 2.65. The Bertz CT molecular complexity index is 406. The van der Waals surface area contributed by atoms with Crippen LogP contribution in [0.15, 0.2) is 30.3 Å². The smallest absolute Gasteiger partial charge is 0.404 e. The van der Waals surface area contributed by atoms with Gasteiger partial charge < -0.3 is 10.5 Å². The van der Waals surface area contributed by atoms with Crippen molar-refractivity contribution in [1.29, 1.82) is 0 Å². The highest BCUT2D eigenvalue weighted by Crippen LogP contribution is 2.26. The van der Waals surface area contributed by atoms with E-state index < -0.39 is 24.1 Å². The first-order chi connectivity index (χ1) is 8.86. The van der Waals surface area contributed by atoms with Gasteiger partial charge in [0.05, 0.1) is 5.92 Å². The van der Waals surface area contributed by atoms with E-state index in [2.05, 4.69) is 0 Å². The summed E-state index contributed by atoms with van der Waals surface area (Å²) in [6.07, 6.45) is -4.62. The fourth-order valence-electron chi connectivity index (χ4n) is 1.63. The molecule has 0 saturated heterocycles. The van der Waals surface area contributed by atoms with Crippen LogP contribution in [0.3, 0.4) is 0 Å². The molecule has 0 aliphatic carbocycles. The lowest BCUT2D eigenvalue weighted by Gasteiger charge is -2.23. The van der Waals surface area contributed by atoms with Gasteiger partial charge >= 0.3 is 12.1 Å². The SMILES string of the molecule is CC[C@H](C(=O)OCc1ccccc1)[C@H](N)C(F)(F)F. The summed E-state index contributed by atoms with van der Waals surface area (Å²) >= 11 is 0. The summed E-state index contributed by atoms with van der Waals surface area (Å²) in [5.74, 6) is -2.29. The molecule has 1 aromatic carbocycles. The molecule has 2 N–H and O–H groups in total. The van der Waals surface area contributed by atoms with E-state index in [1.807, 2.05) is 0 Å². The summed E-state index contributed by atoms with van der Waals surface area (Å²) in [5, 5.41) is 0. The van der Waals surface area contributed by atoms with E-state index in [4.69, 9.17) is 10.5 Å². The molecule has 1 aromatic rings. The molecule has 0 aliphatic heterocycles. The van der Waals surface area contributed by atoms with Gasteiger partial charge in [-0.05, 0) is 12.0 Å². The van der Waals surface area contributed by atoms with Gasteiger partial charge in [-0.15, -0.1) is 0 Å². The lowest BCUT2D eigenvalue weighted by molar-refractivity contribution is -0.177. The zero-order valence-electron chi connectivity index (χ0n) is 10.5. The zero-order valence-corrected chi connectivity index (χ0v) is 10.5. The maximum Gasteiger partial charge on any atom is 0.404 e. The Morgan fingerprint density at radius 3 is 2.37 bits per heavy atom. The largest absolute Gasteiger partial charge is 0.461 e. The van der Waals surface area contributed by atoms with Crippen LogP contribution in [0.5, 0.6) is 0 Å². The normalized spacial score (nSPS) is 14.8. The highest BCUT2D eigenvalue weighted by atomic mass is 19.4. The molecule has 6 heteroatoms. The zero-order chi connectivity index (χ0) is 14.5. The first-order valence-electron chi connectivity index (χ1n) is 5.89. The Morgan fingerprint density at radius 2 is 1.89 bits per heavy atom. The summed E-state index contributed by atoms with van der Waals surface area (Å²) in [4.78, 5) is 11.6. The molecule has 0 saturated carbocycles. The van der Waals surface area contributed by atoms with E-state index in [9.17, 15) is 18.0 Å². The van der Waals surface area contributed by atoms with Crippen molar-refractivity contribution < 1.29 is 22.7 Å². The Morgan fingerprint density at radius 1 is 1.32 bits per heavy atom. The number of esters is 1. The van der Waals surface area contributed by atoms with E-state index in [0.29, 0.717) is 5.56 Å². The van der Waals surface area contributed by atoms with Crippen LogP contribution in [0.1, 0.15) is 18.9 Å². The van der Waals surface area contributed by atoms with Crippen LogP contribution in [0.4, 0.5) is 13.2 Å². The van der Waals surface area contributed by atoms with Crippen molar-refractivity contribution in [2.45, 2.75) is 32.2 Å². The standard InChI is InChI=1S/C13H16F3NO2/c1-2-10(11(17)13(14,15)16)12(18)19-8-9-6-4-3-5-7-9/h3-7,10-11H,2,8,17H2,1H3/t10-,11-/m0/s1. The maximum absolute atomic E-state index is 12.5. The minimum Gasteiger partial charge on any atom is -0.461 e. The molecule has 0 heterocycles. The Kier molecular flexibility index (Phi) is 5.35. The molecule has 3 nitrogen and oxygen atoms in total. The number of carbonyl (C=O) groups is 1. The van der Waals surface area contributed by atoms with Crippen LogP contribution in [0.2, 0.25) is 0 Å². The maximum atomic E-state index is 12.5. The molecule has 19 heavy (non-hydrogen) atoms. The second-order valence-corrected chi connectivity index (χ2v) is 4.18. The van der Waals surface area contributed by atoms with E-state index in [1.54, 1.807) is 30.3 Å². The monoisotopic (exact) mass is 275 g/mol. The molecule has 0 bridgehead atoms. The van der Waals surface area contributed by atoms with Gasteiger partial charge in [-0.25, -0.2) is 0 Å². The van der Waals surface area contributed by atoms with Crippen molar-refractivity contribution in [3.63, 3.8) is 0 Å². The Balaban J connectivity index is 2.60. The van der Waals surface area contributed by atoms with Crippen LogP contribution in [-0.2, 0) is 16.1 Å². The van der Waals surface area contributed by atoms with E-state index in [1.165, 1.54) is 6.92 Å². The first-order valence-corrected chi connectivity index (χ1v) is 5.89. The lowest BCUT2D eigenvalue weighted by Crippen LogP contribution is -2.47. The quantitative estimate of drug-likeness (QED) is 0.840. The second kappa shape index (κ2) is 6.56. The molecule has 0 spiro atoms. The Labute approximate surface area is 109 Å². The molecule has 0 radical (unpaired) electrons. The third kappa shape index (κ3) is 4.55. The van der Waals surface area contributed by atoms with Crippen molar-refractivity contribution in [1.82, 2.24) is 0 Å². The third-order valence-corrected chi connectivity index (χ3v) is 2.78. The number of hydrogen-bond acceptors (Lipinski definition) is 3. The number of carbonyl (C=O) groups excluding carboxylic acids is 1. The number of ether oxygens (including phenoxy) is 1. The van der Waals surface area contributed by atoms with Crippen LogP contribution in [0.25, 0.3) is 0 Å². The van der Waals surface area contributed by atoms with Crippen molar-refractivity contribution in [2.24, 2.45) is 11.7 Å². The second-order valence-electron chi connectivity index (χ2n) is 4.18. The third-order valence-electron chi connectivity index (χ3n) is 2.78. The molecule has 0 unspecified atom stereocenters. The molecule has 0 fully saturated rings. The summed E-state index contributed by atoms with van der Waals surface area (Å²) in [7, 11) is 0. The molecule has 0 aromatic heterocycles. The number of alkyl halides is 3. The van der Waals surface area contributed by atoms with E-state index in [0.717, 1.165) is 0 Å². The van der Waals surface area contributed by atoms with E-state index >= 15 is 0 Å². The highest BCUT2D eigenvalue weighted by Gasteiger charge is 2.44. The minimum atomic E-state index is -4.60. The van der Waals surface area contributed by atoms with Gasteiger partial charge in [0.2, 0.25) is 0 Å². The average molecular weight is 275 g/mol. The fraction of sp³-hybridized carbons (Fsp3) is 0.462. The topological polar surface area (TPSA) is 52.3 Å². The molecular formula is C13H16F3NO2. The van der Waals surface area contributed by atoms with Crippen molar-refractivity contribution in [2.75, 3.05) is 0 Å². The minimum absolute atomic E-state index is 0.0195. The predicted molar refractivity (Wildman–Crippen MR) is 64.0 cm³/mol. The van der Waals surface area contributed by atoms with Crippen LogP contribution < -0.4 is 5.73 Å². The lowest BCUT2D eigenvalue weighted by atomic mass is 9.97. The number of benzene rings is 1. The molecule has 0 amide bonds. The van der Waals surface area contributed by atoms with Crippen LogP contribution in [-0.4, -0.2) is 18.2 Å². The highest BCUT2D eigenvalue weighted by molar-refractivity contribution is 5.73. The van der Waals surface area contributed by atoms with Crippen molar-refractivity contribution in [3.05, 3.63) is 35.9 Å². The summed E-state index contributed by atoms with van der Waals surface area (Å²) < 4.78 is 42.3. The first kappa shape index (κ1) is 15.5. The van der Waals surface area contributed by atoms with Gasteiger partial charge in [0, 0.05) is 0 Å². The molecule has 2 atom stereocenters. The van der Waals surface area contributed by atoms with Gasteiger partial charge in [-0.3, -0.25) is 4.79 Å². The summed E-state index contributed by atoms with van der Waals surface area (Å²) in [5.41, 5.74) is 5.76. The average Bonchev–Trinajstić information content (AvgIpc) is 2.37. The van der Waals surface area contributed by atoms with Crippen LogP contribution in [0, 0.1) is 5.92 Å². The van der Waals surface area contributed by atoms with Crippen LogP contribution >= 0.6 is 0 Å². The number of hydrogen-bond donors (Lipinski definition) is 1. The fourth-order valence-corrected chi connectivity index (χ4v) is 1.63. The van der Waals surface area contributed by atoms with Gasteiger partial charge in [0.25, 0.3) is 0 Å². The van der Waals surface area contributed by atoms with Gasteiger partial charge in [0.1, 0.15) is 12.6 Å². The number of nitrogens with two attached hydrogens (primary N) is 1. The number of halogens is 3. The number of rotatable bonds is 5. The summed E-state index contributed by atoms with van der Waals surface area (Å²) in [6.45, 7) is 1.42. The Hall–Kier alpha value is -1.56.